The monoisotopic (exact) mass is 412 g/mol. The Morgan fingerprint density at radius 1 is 1.14 bits per heavy atom. The van der Waals surface area contributed by atoms with Crippen molar-refractivity contribution in [2.24, 2.45) is 0 Å². The normalized spacial score (nSPS) is 14.9. The summed E-state index contributed by atoms with van der Waals surface area (Å²) >= 11 is 0.721. The number of hydrogen-bond acceptors (Lipinski definition) is 6. The van der Waals surface area contributed by atoms with Gasteiger partial charge in [-0.05, 0) is 36.0 Å². The second kappa shape index (κ2) is 8.61. The summed E-state index contributed by atoms with van der Waals surface area (Å²) in [4.78, 5) is 49.3. The van der Waals surface area contributed by atoms with E-state index in [1.807, 2.05) is 0 Å². The Labute approximate surface area is 170 Å². The molecule has 0 unspecified atom stereocenters. The Hall–Kier alpha value is -3.59. The number of imide groups is 1. The van der Waals surface area contributed by atoms with Gasteiger partial charge in [-0.1, -0.05) is 30.3 Å². The van der Waals surface area contributed by atoms with Gasteiger partial charge in [0, 0.05) is 5.56 Å². The fraction of sp³-hybridized carbons (Fsp3) is 0.100. The van der Waals surface area contributed by atoms with Gasteiger partial charge in [0.2, 0.25) is 5.91 Å². The van der Waals surface area contributed by atoms with Crippen LogP contribution in [0.3, 0.4) is 0 Å². The first kappa shape index (κ1) is 20.2. The topological polar surface area (TPSA) is 113 Å². The fourth-order valence-corrected chi connectivity index (χ4v) is 3.50. The summed E-state index contributed by atoms with van der Waals surface area (Å²) in [6.45, 7) is -0.526. The molecule has 0 saturated carbocycles. The van der Waals surface area contributed by atoms with Crippen molar-refractivity contribution in [3.63, 3.8) is 0 Å². The number of carboxylic acids is 1. The van der Waals surface area contributed by atoms with E-state index in [0.29, 0.717) is 11.3 Å². The highest BCUT2D eigenvalue weighted by molar-refractivity contribution is 8.18. The molecule has 1 aliphatic heterocycles. The molecule has 0 atom stereocenters. The van der Waals surface area contributed by atoms with Crippen molar-refractivity contribution in [1.82, 2.24) is 4.90 Å². The number of benzene rings is 2. The standard InChI is InChI=1S/C20H16N2O6S/c1-28-15-9-5-2-6-12(15)10-16-18(24)22(20(27)29-16)11-17(23)21-14-8-4-3-7-13(14)19(25)26/h2-10H,11H2,1H3,(H,21,23)(H,25,26)/b16-10-. The lowest BCUT2D eigenvalue weighted by atomic mass is 10.2. The van der Waals surface area contributed by atoms with Crippen LogP contribution in [0, 0.1) is 0 Å². The van der Waals surface area contributed by atoms with Crippen LogP contribution in [0.15, 0.2) is 53.4 Å². The minimum Gasteiger partial charge on any atom is -0.496 e. The van der Waals surface area contributed by atoms with Gasteiger partial charge < -0.3 is 15.2 Å². The SMILES string of the molecule is COc1ccccc1/C=C1\SC(=O)N(CC(=O)Nc2ccccc2C(=O)O)C1=O. The van der Waals surface area contributed by atoms with Crippen LogP contribution >= 0.6 is 11.8 Å². The first-order chi connectivity index (χ1) is 13.9. The van der Waals surface area contributed by atoms with Crippen LogP contribution in [0.2, 0.25) is 0 Å². The number of carbonyl (C=O) groups excluding carboxylic acids is 3. The average molecular weight is 412 g/mol. The molecule has 29 heavy (non-hydrogen) atoms. The van der Waals surface area contributed by atoms with Gasteiger partial charge in [-0.3, -0.25) is 19.3 Å². The van der Waals surface area contributed by atoms with Crippen LogP contribution in [0.25, 0.3) is 6.08 Å². The molecule has 8 nitrogen and oxygen atoms in total. The zero-order valence-electron chi connectivity index (χ0n) is 15.2. The lowest BCUT2D eigenvalue weighted by Gasteiger charge is -2.13. The molecule has 0 spiro atoms. The van der Waals surface area contributed by atoms with E-state index >= 15 is 0 Å². The highest BCUT2D eigenvalue weighted by Crippen LogP contribution is 2.33. The Morgan fingerprint density at radius 3 is 2.55 bits per heavy atom. The minimum absolute atomic E-state index is 0.0848. The van der Waals surface area contributed by atoms with E-state index in [2.05, 4.69) is 5.32 Å². The van der Waals surface area contributed by atoms with E-state index < -0.39 is 29.6 Å². The van der Waals surface area contributed by atoms with E-state index in [9.17, 15) is 24.3 Å². The average Bonchev–Trinajstić information content (AvgIpc) is 2.96. The number of aromatic carboxylic acids is 1. The van der Waals surface area contributed by atoms with Crippen molar-refractivity contribution in [3.8, 4) is 5.75 Å². The molecule has 2 N–H and O–H groups in total. The summed E-state index contributed by atoms with van der Waals surface area (Å²) < 4.78 is 5.23. The van der Waals surface area contributed by atoms with E-state index in [4.69, 9.17) is 4.74 Å². The molecule has 0 aliphatic carbocycles. The summed E-state index contributed by atoms with van der Waals surface area (Å²) in [6, 6.07) is 12.9. The third-order valence-corrected chi connectivity index (χ3v) is 4.94. The number of carbonyl (C=O) groups is 4. The molecule has 1 saturated heterocycles. The van der Waals surface area contributed by atoms with Gasteiger partial charge in [0.15, 0.2) is 0 Å². The zero-order valence-corrected chi connectivity index (χ0v) is 16.1. The first-order valence-electron chi connectivity index (χ1n) is 8.41. The Morgan fingerprint density at radius 2 is 1.83 bits per heavy atom. The predicted octanol–water partition coefficient (Wildman–Crippen LogP) is 3.07. The number of hydrogen-bond donors (Lipinski definition) is 2. The van der Waals surface area contributed by atoms with Crippen molar-refractivity contribution >= 4 is 46.5 Å². The van der Waals surface area contributed by atoms with Gasteiger partial charge in [-0.2, -0.15) is 0 Å². The molecule has 0 bridgehead atoms. The molecule has 2 aromatic rings. The maximum absolute atomic E-state index is 12.6. The number of carboxylic acid groups (broad SMARTS) is 1. The van der Waals surface area contributed by atoms with Gasteiger partial charge in [0.25, 0.3) is 11.1 Å². The van der Waals surface area contributed by atoms with Gasteiger partial charge in [0.05, 0.1) is 23.3 Å². The zero-order chi connectivity index (χ0) is 21.0. The van der Waals surface area contributed by atoms with Crippen LogP contribution in [0.5, 0.6) is 5.75 Å². The van der Waals surface area contributed by atoms with E-state index in [1.165, 1.54) is 31.4 Å². The van der Waals surface area contributed by atoms with Crippen molar-refractivity contribution < 1.29 is 29.0 Å². The summed E-state index contributed by atoms with van der Waals surface area (Å²) in [7, 11) is 1.50. The molecule has 0 aromatic heterocycles. The highest BCUT2D eigenvalue weighted by atomic mass is 32.2. The summed E-state index contributed by atoms with van der Waals surface area (Å²) in [5.74, 6) is -1.94. The second-order valence-electron chi connectivity index (χ2n) is 5.91. The molecular weight excluding hydrogens is 396 g/mol. The Bertz CT molecular complexity index is 1030. The summed E-state index contributed by atoms with van der Waals surface area (Å²) in [6.07, 6.45) is 1.53. The lowest BCUT2D eigenvalue weighted by molar-refractivity contribution is -0.127. The fourth-order valence-electron chi connectivity index (χ4n) is 2.68. The number of amides is 3. The summed E-state index contributed by atoms with van der Waals surface area (Å²) in [5.41, 5.74) is 0.618. The first-order valence-corrected chi connectivity index (χ1v) is 9.23. The molecule has 1 fully saturated rings. The maximum atomic E-state index is 12.6. The molecule has 0 radical (unpaired) electrons. The van der Waals surface area contributed by atoms with E-state index in [0.717, 1.165) is 16.7 Å². The highest BCUT2D eigenvalue weighted by Gasteiger charge is 2.36. The number of ether oxygens (including phenoxy) is 1. The number of nitrogens with one attached hydrogen (secondary N) is 1. The Balaban J connectivity index is 1.75. The molecular formula is C20H16N2O6S. The molecule has 1 aliphatic rings. The number of methoxy groups -OCH3 is 1. The molecule has 3 rings (SSSR count). The van der Waals surface area contributed by atoms with Crippen LogP contribution in [-0.4, -0.2) is 46.7 Å². The maximum Gasteiger partial charge on any atom is 0.337 e. The Kier molecular flexibility index (Phi) is 5.99. The third-order valence-electron chi connectivity index (χ3n) is 4.03. The van der Waals surface area contributed by atoms with Gasteiger partial charge >= 0.3 is 5.97 Å². The molecule has 2 aromatic carbocycles. The lowest BCUT2D eigenvalue weighted by Crippen LogP contribution is -2.36. The van der Waals surface area contributed by atoms with Crippen LogP contribution in [-0.2, 0) is 9.59 Å². The number of rotatable bonds is 6. The van der Waals surface area contributed by atoms with Crippen LogP contribution in [0.4, 0.5) is 10.5 Å². The minimum atomic E-state index is -1.20. The predicted molar refractivity (Wildman–Crippen MR) is 108 cm³/mol. The van der Waals surface area contributed by atoms with Crippen molar-refractivity contribution in [3.05, 3.63) is 64.6 Å². The molecule has 148 valence electrons. The smallest absolute Gasteiger partial charge is 0.337 e. The number of para-hydroxylation sites is 2. The van der Waals surface area contributed by atoms with Gasteiger partial charge in [-0.15, -0.1) is 0 Å². The number of thioether (sulfide) groups is 1. The van der Waals surface area contributed by atoms with Gasteiger partial charge in [-0.25, -0.2) is 4.79 Å². The second-order valence-corrected chi connectivity index (χ2v) is 6.90. The van der Waals surface area contributed by atoms with Crippen LogP contribution in [0.1, 0.15) is 15.9 Å². The van der Waals surface area contributed by atoms with Crippen molar-refractivity contribution in [2.75, 3.05) is 19.0 Å². The summed E-state index contributed by atoms with van der Waals surface area (Å²) in [5, 5.41) is 11.0. The molecule has 3 amide bonds. The van der Waals surface area contributed by atoms with Crippen molar-refractivity contribution in [2.45, 2.75) is 0 Å². The van der Waals surface area contributed by atoms with Crippen LogP contribution < -0.4 is 10.1 Å². The largest absolute Gasteiger partial charge is 0.496 e. The molecule has 1 heterocycles. The third kappa shape index (κ3) is 4.46. The number of anilines is 1. The van der Waals surface area contributed by atoms with Crippen molar-refractivity contribution in [1.29, 1.82) is 0 Å². The van der Waals surface area contributed by atoms with E-state index in [1.54, 1.807) is 30.3 Å². The van der Waals surface area contributed by atoms with Gasteiger partial charge in [0.1, 0.15) is 12.3 Å². The quantitative estimate of drug-likeness (QED) is 0.701. The number of nitrogens with zero attached hydrogens (tertiary/aromatic N) is 1. The molecule has 9 heteroatoms. The van der Waals surface area contributed by atoms with E-state index in [-0.39, 0.29) is 16.2 Å².